The van der Waals surface area contributed by atoms with Crippen molar-refractivity contribution in [3.8, 4) is 0 Å². The van der Waals surface area contributed by atoms with Crippen molar-refractivity contribution in [2.75, 3.05) is 36.8 Å². The number of nitrogens with zero attached hydrogens (tertiary/aromatic N) is 2. The molecule has 5 nitrogen and oxygen atoms in total. The zero-order valence-corrected chi connectivity index (χ0v) is 16.9. The first-order chi connectivity index (χ1) is 12.0. The van der Waals surface area contributed by atoms with Crippen molar-refractivity contribution in [2.24, 2.45) is 0 Å². The Bertz CT molecular complexity index is 786. The van der Waals surface area contributed by atoms with Gasteiger partial charge in [-0.25, -0.2) is 8.42 Å². The van der Waals surface area contributed by atoms with Crippen LogP contribution in [0, 0.1) is 0 Å². The normalized spacial score (nSPS) is 15.4. The van der Waals surface area contributed by atoms with Crippen molar-refractivity contribution in [2.45, 2.75) is 18.7 Å². The number of nitrogens with two attached hydrogens (primary N) is 1. The third-order valence-electron chi connectivity index (χ3n) is 3.95. The Morgan fingerprint density at radius 3 is 2.04 bits per heavy atom. The van der Waals surface area contributed by atoms with E-state index in [1.807, 2.05) is 38.1 Å². The summed E-state index contributed by atoms with van der Waals surface area (Å²) in [5, 5.41) is 0. The quantitative estimate of drug-likeness (QED) is 0.763. The molecule has 2 aromatic carbocycles. The number of piperazine rings is 1. The van der Waals surface area contributed by atoms with Crippen LogP contribution in [-0.2, 0) is 10.0 Å². The van der Waals surface area contributed by atoms with Crippen molar-refractivity contribution in [3.63, 3.8) is 0 Å². The Hall–Kier alpha value is -1.57. The van der Waals surface area contributed by atoms with E-state index in [4.69, 9.17) is 5.73 Å². The second-order valence-electron chi connectivity index (χ2n) is 5.41. The van der Waals surface area contributed by atoms with Gasteiger partial charge in [-0.05, 0) is 52.3 Å². The fourth-order valence-corrected chi connectivity index (χ4v) is 4.62. The molecular formula is C18H24BrN3O2S. The summed E-state index contributed by atoms with van der Waals surface area (Å²) in [7, 11) is -3.46. The topological polar surface area (TPSA) is 66.6 Å². The van der Waals surface area contributed by atoms with Gasteiger partial charge < -0.3 is 10.6 Å². The number of rotatable bonds is 3. The minimum atomic E-state index is -3.46. The predicted molar refractivity (Wildman–Crippen MR) is 107 cm³/mol. The van der Waals surface area contributed by atoms with Gasteiger partial charge in [-0.1, -0.05) is 26.0 Å². The molecule has 0 atom stereocenters. The summed E-state index contributed by atoms with van der Waals surface area (Å²) in [6.45, 7) is 6.26. The zero-order chi connectivity index (χ0) is 18.4. The first kappa shape index (κ1) is 19.8. The van der Waals surface area contributed by atoms with Crippen molar-refractivity contribution in [3.05, 3.63) is 53.0 Å². The molecule has 136 valence electrons. The highest BCUT2D eigenvalue weighted by Gasteiger charge is 2.28. The van der Waals surface area contributed by atoms with E-state index in [0.717, 1.165) is 10.2 Å². The molecule has 1 saturated heterocycles. The molecule has 2 N–H and O–H groups in total. The largest absolute Gasteiger partial charge is 0.399 e. The van der Waals surface area contributed by atoms with Crippen LogP contribution < -0.4 is 10.6 Å². The van der Waals surface area contributed by atoms with Crippen LogP contribution >= 0.6 is 15.9 Å². The van der Waals surface area contributed by atoms with Crippen molar-refractivity contribution < 1.29 is 8.42 Å². The predicted octanol–water partition coefficient (Wildman–Crippen LogP) is 3.57. The molecule has 0 spiro atoms. The monoisotopic (exact) mass is 425 g/mol. The SMILES string of the molecule is CC.Nc1ccc(S(=O)(=O)N2CCN(c3ccccc3Br)CC2)cc1. The molecule has 0 radical (unpaired) electrons. The number of anilines is 2. The molecule has 1 heterocycles. The first-order valence-corrected chi connectivity index (χ1v) is 10.6. The Morgan fingerprint density at radius 2 is 1.48 bits per heavy atom. The minimum absolute atomic E-state index is 0.293. The molecule has 7 heteroatoms. The van der Waals surface area contributed by atoms with E-state index in [2.05, 4.69) is 20.8 Å². The number of hydrogen-bond donors (Lipinski definition) is 1. The lowest BCUT2D eigenvalue weighted by Crippen LogP contribution is -2.48. The summed E-state index contributed by atoms with van der Waals surface area (Å²) in [6.07, 6.45) is 0. The summed E-state index contributed by atoms with van der Waals surface area (Å²) in [5.41, 5.74) is 7.28. The van der Waals surface area contributed by atoms with Crippen LogP contribution in [0.15, 0.2) is 57.9 Å². The highest BCUT2D eigenvalue weighted by molar-refractivity contribution is 9.10. The number of sulfonamides is 1. The summed E-state index contributed by atoms with van der Waals surface area (Å²) in [4.78, 5) is 2.49. The van der Waals surface area contributed by atoms with E-state index in [1.165, 1.54) is 4.31 Å². The number of nitrogen functional groups attached to an aromatic ring is 1. The molecule has 1 aliphatic rings. The third kappa shape index (κ3) is 4.54. The summed E-state index contributed by atoms with van der Waals surface area (Å²) in [5.74, 6) is 0. The van der Waals surface area contributed by atoms with Gasteiger partial charge in [0.15, 0.2) is 0 Å². The third-order valence-corrected chi connectivity index (χ3v) is 6.53. The Balaban J connectivity index is 0.00000109. The lowest BCUT2D eigenvalue weighted by Gasteiger charge is -2.35. The standard InChI is InChI=1S/C16H18BrN3O2S.C2H6/c17-15-3-1-2-4-16(15)19-9-11-20(12-10-19)23(21,22)14-7-5-13(18)6-8-14;1-2/h1-8H,9-12,18H2;1-2H3. The van der Waals surface area contributed by atoms with Crippen LogP contribution in [0.4, 0.5) is 11.4 Å². The zero-order valence-electron chi connectivity index (χ0n) is 14.5. The van der Waals surface area contributed by atoms with Gasteiger partial charge in [-0.15, -0.1) is 0 Å². The number of hydrogen-bond acceptors (Lipinski definition) is 4. The summed E-state index contributed by atoms with van der Waals surface area (Å²) in [6, 6.07) is 14.3. The average molecular weight is 426 g/mol. The van der Waals surface area contributed by atoms with Gasteiger partial charge in [0.25, 0.3) is 0 Å². The number of benzene rings is 2. The first-order valence-electron chi connectivity index (χ1n) is 8.33. The van der Waals surface area contributed by atoms with Crippen molar-refractivity contribution in [1.29, 1.82) is 0 Å². The number of para-hydroxylation sites is 1. The second-order valence-corrected chi connectivity index (χ2v) is 8.20. The minimum Gasteiger partial charge on any atom is -0.399 e. The maximum atomic E-state index is 12.7. The Morgan fingerprint density at radius 1 is 0.920 bits per heavy atom. The highest BCUT2D eigenvalue weighted by Crippen LogP contribution is 2.27. The molecule has 0 bridgehead atoms. The van der Waals surface area contributed by atoms with E-state index in [1.54, 1.807) is 24.3 Å². The fourth-order valence-electron chi connectivity index (χ4n) is 2.67. The molecule has 0 aliphatic carbocycles. The van der Waals surface area contributed by atoms with Gasteiger partial charge in [-0.2, -0.15) is 4.31 Å². The Labute approximate surface area is 158 Å². The van der Waals surface area contributed by atoms with Gasteiger partial charge in [0, 0.05) is 36.3 Å². The van der Waals surface area contributed by atoms with Gasteiger partial charge in [0.2, 0.25) is 10.0 Å². The molecule has 3 rings (SSSR count). The van der Waals surface area contributed by atoms with Gasteiger partial charge in [0.05, 0.1) is 10.6 Å². The van der Waals surface area contributed by atoms with Crippen molar-refractivity contribution in [1.82, 2.24) is 4.31 Å². The molecule has 0 aromatic heterocycles. The lowest BCUT2D eigenvalue weighted by molar-refractivity contribution is 0.385. The van der Waals surface area contributed by atoms with Crippen LogP contribution in [0.1, 0.15) is 13.8 Å². The van der Waals surface area contributed by atoms with Gasteiger partial charge >= 0.3 is 0 Å². The van der Waals surface area contributed by atoms with Crippen LogP contribution in [0.3, 0.4) is 0 Å². The van der Waals surface area contributed by atoms with Gasteiger partial charge in [-0.3, -0.25) is 0 Å². The molecule has 2 aromatic rings. The average Bonchev–Trinajstić information content (AvgIpc) is 2.64. The molecular weight excluding hydrogens is 402 g/mol. The van der Waals surface area contributed by atoms with E-state index >= 15 is 0 Å². The molecule has 1 aliphatic heterocycles. The van der Waals surface area contributed by atoms with Crippen LogP contribution in [0.2, 0.25) is 0 Å². The molecule has 0 saturated carbocycles. The smallest absolute Gasteiger partial charge is 0.243 e. The van der Waals surface area contributed by atoms with Gasteiger partial charge in [0.1, 0.15) is 0 Å². The maximum absolute atomic E-state index is 12.7. The molecule has 1 fully saturated rings. The molecule has 0 unspecified atom stereocenters. The summed E-state index contributed by atoms with van der Waals surface area (Å²) >= 11 is 3.54. The highest BCUT2D eigenvalue weighted by atomic mass is 79.9. The Kier molecular flexibility index (Phi) is 6.87. The van der Waals surface area contributed by atoms with E-state index in [-0.39, 0.29) is 0 Å². The second kappa shape index (κ2) is 8.69. The van der Waals surface area contributed by atoms with Crippen molar-refractivity contribution >= 4 is 37.3 Å². The molecule has 25 heavy (non-hydrogen) atoms. The van der Waals surface area contributed by atoms with E-state index < -0.39 is 10.0 Å². The van der Waals surface area contributed by atoms with Crippen LogP contribution in [-0.4, -0.2) is 38.9 Å². The maximum Gasteiger partial charge on any atom is 0.243 e. The number of halogens is 1. The lowest BCUT2D eigenvalue weighted by atomic mass is 10.2. The summed E-state index contributed by atoms with van der Waals surface area (Å²) < 4.78 is 27.9. The fraction of sp³-hybridized carbons (Fsp3) is 0.333. The van der Waals surface area contributed by atoms with E-state index in [9.17, 15) is 8.42 Å². The molecule has 0 amide bonds. The van der Waals surface area contributed by atoms with Crippen LogP contribution in [0.5, 0.6) is 0 Å². The van der Waals surface area contributed by atoms with E-state index in [0.29, 0.717) is 36.8 Å². The van der Waals surface area contributed by atoms with Crippen LogP contribution in [0.25, 0.3) is 0 Å².